The minimum atomic E-state index is -0.0497. The molecule has 1 amide bonds. The normalized spacial score (nSPS) is 22.1. The Bertz CT molecular complexity index is 660. The van der Waals surface area contributed by atoms with E-state index in [4.69, 9.17) is 0 Å². The first-order valence-corrected chi connectivity index (χ1v) is 9.15. The van der Waals surface area contributed by atoms with Crippen molar-refractivity contribution in [3.63, 3.8) is 0 Å². The number of aromatic nitrogens is 3. The number of nitrogens with zero attached hydrogens (tertiary/aromatic N) is 5. The van der Waals surface area contributed by atoms with Crippen LogP contribution in [0.3, 0.4) is 0 Å². The predicted octanol–water partition coefficient (Wildman–Crippen LogP) is 1.56. The van der Waals surface area contributed by atoms with Crippen molar-refractivity contribution in [3.05, 3.63) is 34.8 Å². The molecule has 2 aliphatic heterocycles. The number of thiazole rings is 1. The summed E-state index contributed by atoms with van der Waals surface area (Å²) in [5, 5.41) is 2.10. The van der Waals surface area contributed by atoms with E-state index in [0.717, 1.165) is 63.5 Å². The van der Waals surface area contributed by atoms with Gasteiger partial charge in [0.25, 0.3) is 0 Å². The van der Waals surface area contributed by atoms with Crippen molar-refractivity contribution in [1.82, 2.24) is 24.3 Å². The highest BCUT2D eigenvalue weighted by Gasteiger charge is 2.31. The second kappa shape index (κ2) is 6.41. The van der Waals surface area contributed by atoms with E-state index in [9.17, 15) is 4.79 Å². The first kappa shape index (κ1) is 14.8. The maximum Gasteiger partial charge on any atom is 0.245 e. The van der Waals surface area contributed by atoms with Gasteiger partial charge < -0.3 is 9.47 Å². The molecule has 122 valence electrons. The molecule has 0 radical (unpaired) electrons. The molecule has 2 aromatic rings. The summed E-state index contributed by atoms with van der Waals surface area (Å²) >= 11 is 1.64. The molecule has 23 heavy (non-hydrogen) atoms. The molecule has 2 aromatic heterocycles. The predicted molar refractivity (Wildman–Crippen MR) is 88.2 cm³/mol. The largest absolute Gasteiger partial charge is 0.338 e. The van der Waals surface area contributed by atoms with Gasteiger partial charge in [-0.05, 0) is 12.8 Å². The Kier molecular flexibility index (Phi) is 4.13. The fourth-order valence-corrected chi connectivity index (χ4v) is 4.09. The summed E-state index contributed by atoms with van der Waals surface area (Å²) in [6, 6.07) is -0.0497. The molecule has 0 bridgehead atoms. The lowest BCUT2D eigenvalue weighted by Gasteiger charge is -2.37. The van der Waals surface area contributed by atoms with Crippen LogP contribution in [0.4, 0.5) is 0 Å². The topological polar surface area (TPSA) is 54.3 Å². The first-order chi connectivity index (χ1) is 11.3. The second-order valence-electron chi connectivity index (χ2n) is 6.24. The SMILES string of the molecule is O=C(C1CCCc2nccn21)N1CCN(Cc2cscn2)CC1. The molecular formula is C16H21N5OS. The van der Waals surface area contributed by atoms with Gasteiger partial charge in [-0.2, -0.15) is 0 Å². The van der Waals surface area contributed by atoms with Gasteiger partial charge in [-0.15, -0.1) is 11.3 Å². The number of hydrogen-bond donors (Lipinski definition) is 0. The van der Waals surface area contributed by atoms with Gasteiger partial charge in [-0.3, -0.25) is 9.69 Å². The van der Waals surface area contributed by atoms with Crippen LogP contribution in [0.15, 0.2) is 23.3 Å². The summed E-state index contributed by atoms with van der Waals surface area (Å²) < 4.78 is 2.08. The quantitative estimate of drug-likeness (QED) is 0.856. The van der Waals surface area contributed by atoms with E-state index in [1.807, 2.05) is 22.8 Å². The fourth-order valence-electron chi connectivity index (χ4n) is 3.54. The highest BCUT2D eigenvalue weighted by molar-refractivity contribution is 7.07. The smallest absolute Gasteiger partial charge is 0.245 e. The van der Waals surface area contributed by atoms with Crippen molar-refractivity contribution in [2.24, 2.45) is 0 Å². The van der Waals surface area contributed by atoms with E-state index in [1.165, 1.54) is 0 Å². The number of aryl methyl sites for hydroxylation is 1. The molecule has 4 heterocycles. The van der Waals surface area contributed by atoms with Crippen LogP contribution in [0.5, 0.6) is 0 Å². The van der Waals surface area contributed by atoms with Gasteiger partial charge in [0.1, 0.15) is 11.9 Å². The zero-order chi connectivity index (χ0) is 15.6. The molecule has 1 unspecified atom stereocenters. The third kappa shape index (κ3) is 3.03. The number of carbonyl (C=O) groups is 1. The van der Waals surface area contributed by atoms with Crippen molar-refractivity contribution in [1.29, 1.82) is 0 Å². The van der Waals surface area contributed by atoms with Crippen LogP contribution in [0.2, 0.25) is 0 Å². The number of hydrogen-bond acceptors (Lipinski definition) is 5. The average molecular weight is 331 g/mol. The Hall–Kier alpha value is -1.73. The zero-order valence-electron chi connectivity index (χ0n) is 13.1. The Morgan fingerprint density at radius 1 is 1.26 bits per heavy atom. The van der Waals surface area contributed by atoms with Gasteiger partial charge in [0.15, 0.2) is 0 Å². The maximum atomic E-state index is 12.9. The summed E-state index contributed by atoms with van der Waals surface area (Å²) in [7, 11) is 0. The van der Waals surface area contributed by atoms with Crippen molar-refractivity contribution < 1.29 is 4.79 Å². The molecule has 1 atom stereocenters. The summed E-state index contributed by atoms with van der Waals surface area (Å²) in [4.78, 5) is 26.0. The van der Waals surface area contributed by atoms with Crippen molar-refractivity contribution in [3.8, 4) is 0 Å². The molecule has 0 spiro atoms. The van der Waals surface area contributed by atoms with Crippen molar-refractivity contribution in [2.45, 2.75) is 31.8 Å². The molecular weight excluding hydrogens is 310 g/mol. The average Bonchev–Trinajstić information content (AvgIpc) is 3.25. The van der Waals surface area contributed by atoms with Gasteiger partial charge in [-0.25, -0.2) is 9.97 Å². The van der Waals surface area contributed by atoms with Gasteiger partial charge >= 0.3 is 0 Å². The molecule has 7 heteroatoms. The van der Waals surface area contributed by atoms with E-state index in [0.29, 0.717) is 0 Å². The van der Waals surface area contributed by atoms with E-state index < -0.39 is 0 Å². The molecule has 1 saturated heterocycles. The van der Waals surface area contributed by atoms with Crippen molar-refractivity contribution in [2.75, 3.05) is 26.2 Å². The molecule has 6 nitrogen and oxygen atoms in total. The summed E-state index contributed by atoms with van der Waals surface area (Å²) in [5.41, 5.74) is 3.01. The van der Waals surface area contributed by atoms with Crippen LogP contribution >= 0.6 is 11.3 Å². The van der Waals surface area contributed by atoms with Crippen LogP contribution in [0.25, 0.3) is 0 Å². The molecule has 2 aliphatic rings. The molecule has 1 fully saturated rings. The minimum absolute atomic E-state index is 0.0497. The van der Waals surface area contributed by atoms with Gasteiger partial charge in [-0.1, -0.05) is 0 Å². The maximum absolute atomic E-state index is 12.9. The Morgan fingerprint density at radius 2 is 2.13 bits per heavy atom. The van der Waals surface area contributed by atoms with Crippen LogP contribution in [0.1, 0.15) is 30.4 Å². The molecule has 0 aliphatic carbocycles. The van der Waals surface area contributed by atoms with Crippen molar-refractivity contribution >= 4 is 17.2 Å². The third-order valence-electron chi connectivity index (χ3n) is 4.80. The Morgan fingerprint density at radius 3 is 2.91 bits per heavy atom. The Labute approximate surface area is 139 Å². The Balaban J connectivity index is 1.36. The standard InChI is InChI=1S/C16H21N5OS/c22-16(14-2-1-3-15-17-4-5-21(14)15)20-8-6-19(7-9-20)10-13-11-23-12-18-13/h4-5,11-12,14H,1-3,6-10H2. The highest BCUT2D eigenvalue weighted by atomic mass is 32.1. The molecule has 0 aromatic carbocycles. The number of piperazine rings is 1. The number of carbonyl (C=O) groups excluding carboxylic acids is 1. The number of amides is 1. The van der Waals surface area contributed by atoms with E-state index in [2.05, 4.69) is 24.8 Å². The summed E-state index contributed by atoms with van der Waals surface area (Å²) in [6.45, 7) is 4.35. The lowest BCUT2D eigenvalue weighted by atomic mass is 10.0. The van der Waals surface area contributed by atoms with Gasteiger partial charge in [0, 0.05) is 56.9 Å². The lowest BCUT2D eigenvalue weighted by Crippen LogP contribution is -2.50. The highest BCUT2D eigenvalue weighted by Crippen LogP contribution is 2.26. The molecule has 4 rings (SSSR count). The van der Waals surface area contributed by atoms with E-state index >= 15 is 0 Å². The fraction of sp³-hybridized carbons (Fsp3) is 0.562. The van der Waals surface area contributed by atoms with Crippen LogP contribution in [-0.2, 0) is 17.8 Å². The minimum Gasteiger partial charge on any atom is -0.338 e. The molecule has 0 saturated carbocycles. The summed E-state index contributed by atoms with van der Waals surface area (Å²) in [5.74, 6) is 1.31. The van der Waals surface area contributed by atoms with Crippen LogP contribution in [0, 0.1) is 0 Å². The van der Waals surface area contributed by atoms with Crippen LogP contribution in [-0.4, -0.2) is 56.4 Å². The van der Waals surface area contributed by atoms with Gasteiger partial charge in [0.05, 0.1) is 11.2 Å². The summed E-state index contributed by atoms with van der Waals surface area (Å²) in [6.07, 6.45) is 6.74. The third-order valence-corrected chi connectivity index (χ3v) is 5.44. The second-order valence-corrected chi connectivity index (χ2v) is 6.96. The number of rotatable bonds is 3. The van der Waals surface area contributed by atoms with E-state index in [1.54, 1.807) is 11.3 Å². The number of fused-ring (bicyclic) bond motifs is 1. The van der Waals surface area contributed by atoms with Crippen LogP contribution < -0.4 is 0 Å². The molecule has 0 N–H and O–H groups in total. The zero-order valence-corrected chi connectivity index (χ0v) is 13.9. The number of imidazole rings is 1. The van der Waals surface area contributed by atoms with E-state index in [-0.39, 0.29) is 11.9 Å². The van der Waals surface area contributed by atoms with Gasteiger partial charge in [0.2, 0.25) is 5.91 Å². The lowest BCUT2D eigenvalue weighted by molar-refractivity contribution is -0.137. The monoisotopic (exact) mass is 331 g/mol. The first-order valence-electron chi connectivity index (χ1n) is 8.21.